The lowest BCUT2D eigenvalue weighted by molar-refractivity contribution is 0.148. The van der Waals surface area contributed by atoms with Crippen molar-refractivity contribution < 1.29 is 18.3 Å². The van der Waals surface area contributed by atoms with Gasteiger partial charge < -0.3 is 14.4 Å². The minimum Gasteiger partial charge on any atom is -0.390 e. The Bertz CT molecular complexity index is 501. The molecule has 102 valence electrons. The summed E-state index contributed by atoms with van der Waals surface area (Å²) in [5.41, 5.74) is 0.583. The number of sulfonamides is 1. The van der Waals surface area contributed by atoms with Crippen molar-refractivity contribution in [3.8, 4) is 0 Å². The number of ether oxygens (including phenoxy) is 1. The van der Waals surface area contributed by atoms with Crippen molar-refractivity contribution in [2.45, 2.75) is 17.9 Å². The highest BCUT2D eigenvalue weighted by molar-refractivity contribution is 7.89. The second-order valence-corrected chi connectivity index (χ2v) is 6.24. The fraction of sp³-hybridized carbons (Fsp3) is 0.636. The molecular weight excluding hydrogens is 256 g/mol. The number of nitrogens with zero attached hydrogens (tertiary/aromatic N) is 2. The highest BCUT2D eigenvalue weighted by Crippen LogP contribution is 2.19. The number of rotatable bonds is 3. The Hall–Kier alpha value is -0.890. The summed E-state index contributed by atoms with van der Waals surface area (Å²) in [6.07, 6.45) is 2.24. The van der Waals surface area contributed by atoms with Gasteiger partial charge in [0.15, 0.2) is 0 Å². The zero-order chi connectivity index (χ0) is 13.2. The van der Waals surface area contributed by atoms with Gasteiger partial charge in [0, 0.05) is 38.6 Å². The lowest BCUT2D eigenvalue weighted by Crippen LogP contribution is -2.33. The maximum absolute atomic E-state index is 12.4. The van der Waals surface area contributed by atoms with Crippen molar-refractivity contribution in [1.29, 1.82) is 0 Å². The molecule has 1 aliphatic heterocycles. The summed E-state index contributed by atoms with van der Waals surface area (Å²) in [4.78, 5) is 0.232. The van der Waals surface area contributed by atoms with Crippen LogP contribution in [0.1, 0.15) is 12.1 Å². The van der Waals surface area contributed by atoms with Crippen LogP contribution in [0.4, 0.5) is 0 Å². The zero-order valence-corrected chi connectivity index (χ0v) is 11.2. The highest BCUT2D eigenvalue weighted by atomic mass is 32.2. The molecule has 0 aromatic carbocycles. The third-order valence-electron chi connectivity index (χ3n) is 3.06. The molecule has 0 aliphatic carbocycles. The Labute approximate surface area is 107 Å². The first kappa shape index (κ1) is 13.5. The predicted molar refractivity (Wildman–Crippen MR) is 65.5 cm³/mol. The molecule has 0 spiro atoms. The van der Waals surface area contributed by atoms with Crippen molar-refractivity contribution in [1.82, 2.24) is 8.87 Å². The first-order valence-electron chi connectivity index (χ1n) is 5.89. The van der Waals surface area contributed by atoms with E-state index in [1.54, 1.807) is 11.6 Å². The van der Waals surface area contributed by atoms with E-state index in [2.05, 4.69) is 0 Å². The molecule has 0 saturated carbocycles. The van der Waals surface area contributed by atoms with E-state index in [0.29, 0.717) is 38.4 Å². The molecule has 0 unspecified atom stereocenters. The fourth-order valence-corrected chi connectivity index (χ4v) is 3.55. The van der Waals surface area contributed by atoms with Gasteiger partial charge in [-0.1, -0.05) is 0 Å². The van der Waals surface area contributed by atoms with Crippen LogP contribution in [0.3, 0.4) is 0 Å². The van der Waals surface area contributed by atoms with Gasteiger partial charge in [-0.15, -0.1) is 0 Å². The van der Waals surface area contributed by atoms with Gasteiger partial charge in [0.05, 0.1) is 13.2 Å². The van der Waals surface area contributed by atoms with Crippen LogP contribution in [0.25, 0.3) is 0 Å². The molecule has 0 atom stereocenters. The summed E-state index contributed by atoms with van der Waals surface area (Å²) < 4.78 is 33.1. The average molecular weight is 274 g/mol. The van der Waals surface area contributed by atoms with Crippen LogP contribution in [-0.4, -0.2) is 48.7 Å². The molecule has 0 bridgehead atoms. The lowest BCUT2D eigenvalue weighted by Gasteiger charge is -2.18. The van der Waals surface area contributed by atoms with Crippen molar-refractivity contribution in [3.63, 3.8) is 0 Å². The van der Waals surface area contributed by atoms with Gasteiger partial charge in [-0.05, 0) is 12.5 Å². The van der Waals surface area contributed by atoms with Gasteiger partial charge in [-0.2, -0.15) is 4.31 Å². The summed E-state index contributed by atoms with van der Waals surface area (Å²) >= 11 is 0. The molecule has 1 fully saturated rings. The maximum atomic E-state index is 12.4. The standard InChI is InChI=1S/C11H18N2O4S/c1-12-8-11(7-10(12)9-14)18(15,16)13-3-2-5-17-6-4-13/h7-8,14H,2-6,9H2,1H3. The van der Waals surface area contributed by atoms with Crippen molar-refractivity contribution in [2.75, 3.05) is 26.3 Å². The molecule has 6 nitrogen and oxygen atoms in total. The van der Waals surface area contributed by atoms with Gasteiger partial charge in [0.2, 0.25) is 10.0 Å². The first-order chi connectivity index (χ1) is 8.55. The van der Waals surface area contributed by atoms with Gasteiger partial charge in [-0.3, -0.25) is 0 Å². The number of aliphatic hydroxyl groups excluding tert-OH is 1. The van der Waals surface area contributed by atoms with E-state index >= 15 is 0 Å². The van der Waals surface area contributed by atoms with Crippen LogP contribution in [0.2, 0.25) is 0 Å². The Morgan fingerprint density at radius 1 is 1.39 bits per heavy atom. The Kier molecular flexibility index (Phi) is 4.06. The molecule has 0 radical (unpaired) electrons. The molecule has 1 aromatic rings. The molecule has 2 heterocycles. The van der Waals surface area contributed by atoms with E-state index in [9.17, 15) is 8.42 Å². The average Bonchev–Trinajstić information content (AvgIpc) is 2.55. The first-order valence-corrected chi connectivity index (χ1v) is 7.33. The molecular formula is C11H18N2O4S. The lowest BCUT2D eigenvalue weighted by atomic mass is 10.4. The number of aryl methyl sites for hydroxylation is 1. The second-order valence-electron chi connectivity index (χ2n) is 4.31. The van der Waals surface area contributed by atoms with Crippen LogP contribution < -0.4 is 0 Å². The maximum Gasteiger partial charge on any atom is 0.244 e. The SMILES string of the molecule is Cn1cc(S(=O)(=O)N2CCCOCC2)cc1CO. The van der Waals surface area contributed by atoms with Crippen LogP contribution >= 0.6 is 0 Å². The molecule has 2 rings (SSSR count). The van der Waals surface area contributed by atoms with E-state index < -0.39 is 10.0 Å². The summed E-state index contributed by atoms with van der Waals surface area (Å²) in [6.45, 7) is 1.72. The van der Waals surface area contributed by atoms with Gasteiger partial charge in [-0.25, -0.2) is 8.42 Å². The van der Waals surface area contributed by atoms with Gasteiger partial charge in [0.1, 0.15) is 4.90 Å². The Morgan fingerprint density at radius 3 is 2.83 bits per heavy atom. The molecule has 1 aliphatic rings. The third kappa shape index (κ3) is 2.59. The topological polar surface area (TPSA) is 71.8 Å². The third-order valence-corrected chi connectivity index (χ3v) is 4.93. The zero-order valence-electron chi connectivity index (χ0n) is 10.4. The summed E-state index contributed by atoms with van der Waals surface area (Å²) in [7, 11) is -1.76. The molecule has 0 amide bonds. The van der Waals surface area contributed by atoms with Gasteiger partial charge in [0.25, 0.3) is 0 Å². The van der Waals surface area contributed by atoms with Crippen molar-refractivity contribution in [3.05, 3.63) is 18.0 Å². The summed E-state index contributed by atoms with van der Waals surface area (Å²) in [5.74, 6) is 0. The van der Waals surface area contributed by atoms with Crippen LogP contribution in [-0.2, 0) is 28.4 Å². The van der Waals surface area contributed by atoms with E-state index in [-0.39, 0.29) is 11.5 Å². The number of hydrogen-bond acceptors (Lipinski definition) is 4. The Morgan fingerprint density at radius 2 is 2.17 bits per heavy atom. The minimum atomic E-state index is -3.48. The molecule has 18 heavy (non-hydrogen) atoms. The number of hydrogen-bond donors (Lipinski definition) is 1. The van der Waals surface area contributed by atoms with Crippen LogP contribution in [0.15, 0.2) is 17.2 Å². The molecule has 1 N–H and O–H groups in total. The largest absolute Gasteiger partial charge is 0.390 e. The molecule has 1 saturated heterocycles. The quantitative estimate of drug-likeness (QED) is 0.837. The van der Waals surface area contributed by atoms with Crippen molar-refractivity contribution in [2.24, 2.45) is 7.05 Å². The van der Waals surface area contributed by atoms with E-state index in [1.807, 2.05) is 0 Å². The number of aromatic nitrogens is 1. The summed E-state index contributed by atoms with van der Waals surface area (Å²) in [5, 5.41) is 9.10. The number of aliphatic hydroxyl groups is 1. The minimum absolute atomic E-state index is 0.171. The van der Waals surface area contributed by atoms with Crippen molar-refractivity contribution >= 4 is 10.0 Å². The monoisotopic (exact) mass is 274 g/mol. The molecule has 1 aromatic heterocycles. The highest BCUT2D eigenvalue weighted by Gasteiger charge is 2.26. The summed E-state index contributed by atoms with van der Waals surface area (Å²) in [6, 6.07) is 1.51. The normalized spacial score (nSPS) is 18.8. The van der Waals surface area contributed by atoms with Crippen LogP contribution in [0, 0.1) is 0 Å². The smallest absolute Gasteiger partial charge is 0.244 e. The van der Waals surface area contributed by atoms with E-state index in [4.69, 9.17) is 9.84 Å². The molecule has 7 heteroatoms. The van der Waals surface area contributed by atoms with E-state index in [1.165, 1.54) is 16.6 Å². The van der Waals surface area contributed by atoms with Gasteiger partial charge >= 0.3 is 0 Å². The van der Waals surface area contributed by atoms with Crippen LogP contribution in [0.5, 0.6) is 0 Å². The second kappa shape index (κ2) is 5.40. The predicted octanol–water partition coefficient (Wildman–Crippen LogP) is -0.0716. The fourth-order valence-electron chi connectivity index (χ4n) is 1.99. The Balaban J connectivity index is 2.28. The van der Waals surface area contributed by atoms with E-state index in [0.717, 1.165) is 0 Å².